The highest BCUT2D eigenvalue weighted by Gasteiger charge is 2.27. The van der Waals surface area contributed by atoms with Gasteiger partial charge >= 0.3 is 0 Å². The molecule has 1 aliphatic heterocycles. The Kier molecular flexibility index (Phi) is 5.90. The third kappa shape index (κ3) is 4.25. The number of rotatable bonds is 6. The van der Waals surface area contributed by atoms with E-state index < -0.39 is 0 Å². The third-order valence-electron chi connectivity index (χ3n) is 6.40. The lowest BCUT2D eigenvalue weighted by Gasteiger charge is -2.33. The number of carbonyl (C=O) groups excluding carboxylic acids is 1. The second-order valence-electron chi connectivity index (χ2n) is 8.40. The zero-order chi connectivity index (χ0) is 21.9. The minimum absolute atomic E-state index is 0.144. The van der Waals surface area contributed by atoms with Crippen LogP contribution in [0.25, 0.3) is 11.4 Å². The Bertz CT molecular complexity index is 1100. The normalized spacial score (nSPS) is 17.9. The average Bonchev–Trinajstić information content (AvgIpc) is 3.54. The van der Waals surface area contributed by atoms with Gasteiger partial charge in [-0.25, -0.2) is 4.98 Å². The lowest BCUT2D eigenvalue weighted by atomic mass is 10.0. The molecule has 7 heteroatoms. The van der Waals surface area contributed by atoms with Crippen LogP contribution >= 0.6 is 0 Å². The molecule has 0 unspecified atom stereocenters. The van der Waals surface area contributed by atoms with Crippen LogP contribution in [0.4, 0.5) is 0 Å². The Labute approximate surface area is 187 Å². The zero-order valence-electron chi connectivity index (χ0n) is 18.3. The van der Waals surface area contributed by atoms with Gasteiger partial charge in [-0.3, -0.25) is 9.89 Å². The summed E-state index contributed by atoms with van der Waals surface area (Å²) in [6.45, 7) is 1.63. The van der Waals surface area contributed by atoms with Gasteiger partial charge in [-0.2, -0.15) is 5.10 Å². The molecule has 5 rings (SSSR count). The minimum atomic E-state index is -0.231. The molecule has 1 aromatic carbocycles. The number of aryl methyl sites for hydroxylation is 3. The Morgan fingerprint density at radius 3 is 2.94 bits per heavy atom. The van der Waals surface area contributed by atoms with Crippen molar-refractivity contribution in [2.45, 2.75) is 38.2 Å². The molecule has 1 atom stereocenters. The average molecular weight is 433 g/mol. The van der Waals surface area contributed by atoms with Crippen LogP contribution in [0.3, 0.4) is 0 Å². The van der Waals surface area contributed by atoms with E-state index in [4.69, 9.17) is 14.5 Å². The Morgan fingerprint density at radius 2 is 2.12 bits per heavy atom. The highest BCUT2D eigenvalue weighted by atomic mass is 16.5. The molecule has 1 saturated heterocycles. The molecule has 7 nitrogen and oxygen atoms in total. The van der Waals surface area contributed by atoms with Crippen molar-refractivity contribution in [2.75, 3.05) is 26.8 Å². The van der Waals surface area contributed by atoms with Crippen LogP contribution < -0.4 is 4.74 Å². The lowest BCUT2D eigenvalue weighted by Crippen LogP contribution is -2.42. The van der Waals surface area contributed by atoms with Crippen LogP contribution in [-0.4, -0.2) is 52.8 Å². The molecule has 2 aromatic heterocycles. The molecule has 1 N–H and O–H groups in total. The fraction of sp³-hybridized carbons (Fsp3) is 0.400. The summed E-state index contributed by atoms with van der Waals surface area (Å²) >= 11 is 0. The zero-order valence-corrected chi connectivity index (χ0v) is 18.3. The van der Waals surface area contributed by atoms with Gasteiger partial charge in [-0.05, 0) is 66.6 Å². The summed E-state index contributed by atoms with van der Waals surface area (Å²) in [5.74, 6) is 1.05. The van der Waals surface area contributed by atoms with E-state index in [1.807, 2.05) is 29.2 Å². The van der Waals surface area contributed by atoms with Crippen molar-refractivity contribution in [1.82, 2.24) is 20.1 Å². The fourth-order valence-electron chi connectivity index (χ4n) is 4.67. The molecule has 0 radical (unpaired) electrons. The summed E-state index contributed by atoms with van der Waals surface area (Å²) in [4.78, 5) is 19.7. The van der Waals surface area contributed by atoms with Gasteiger partial charge in [0.15, 0.2) is 0 Å². The Morgan fingerprint density at radius 1 is 1.25 bits per heavy atom. The SMILES string of the molecule is COc1cc2c(cc1CCC(=O)N1CCO[C@H](c3cccc(-c4ccn[nH]4)n3)C1)CCC2. The number of hydrogen-bond acceptors (Lipinski definition) is 5. The number of benzene rings is 1. The van der Waals surface area contributed by atoms with E-state index in [0.29, 0.717) is 32.5 Å². The van der Waals surface area contributed by atoms with Gasteiger partial charge in [0.1, 0.15) is 11.9 Å². The maximum Gasteiger partial charge on any atom is 0.223 e. The van der Waals surface area contributed by atoms with Crippen LogP contribution in [0.15, 0.2) is 42.6 Å². The first kappa shape index (κ1) is 20.7. The molecular formula is C25H28N4O3. The van der Waals surface area contributed by atoms with Gasteiger partial charge < -0.3 is 14.4 Å². The van der Waals surface area contributed by atoms with E-state index in [0.717, 1.165) is 41.2 Å². The molecule has 3 heterocycles. The molecule has 3 aromatic rings. The van der Waals surface area contributed by atoms with Gasteiger partial charge in [0.25, 0.3) is 0 Å². The fourth-order valence-corrected chi connectivity index (χ4v) is 4.67. The van der Waals surface area contributed by atoms with E-state index in [2.05, 4.69) is 22.3 Å². The summed E-state index contributed by atoms with van der Waals surface area (Å²) in [5, 5.41) is 6.93. The van der Waals surface area contributed by atoms with E-state index in [1.54, 1.807) is 13.3 Å². The van der Waals surface area contributed by atoms with E-state index >= 15 is 0 Å². The number of morpholine rings is 1. The quantitative estimate of drug-likeness (QED) is 0.645. The maximum atomic E-state index is 13.0. The summed E-state index contributed by atoms with van der Waals surface area (Å²) in [6.07, 6.45) is 6.06. The minimum Gasteiger partial charge on any atom is -0.496 e. The van der Waals surface area contributed by atoms with Crippen LogP contribution in [0.5, 0.6) is 5.75 Å². The number of nitrogens with one attached hydrogen (secondary N) is 1. The number of pyridine rings is 1. The highest BCUT2D eigenvalue weighted by molar-refractivity contribution is 5.76. The number of carbonyl (C=O) groups is 1. The number of fused-ring (bicyclic) bond motifs is 1. The van der Waals surface area contributed by atoms with Crippen molar-refractivity contribution < 1.29 is 14.3 Å². The number of hydrogen-bond donors (Lipinski definition) is 1. The molecule has 1 aliphatic carbocycles. The summed E-state index contributed by atoms with van der Waals surface area (Å²) < 4.78 is 11.6. The first-order chi connectivity index (χ1) is 15.7. The molecular weight excluding hydrogens is 404 g/mol. The predicted octanol–water partition coefficient (Wildman–Crippen LogP) is 3.50. The van der Waals surface area contributed by atoms with Crippen LogP contribution in [0, 0.1) is 0 Å². The van der Waals surface area contributed by atoms with Crippen LogP contribution in [0.1, 0.15) is 41.3 Å². The number of H-pyrrole nitrogens is 1. The van der Waals surface area contributed by atoms with Crippen molar-refractivity contribution in [2.24, 2.45) is 0 Å². The summed E-state index contributed by atoms with van der Waals surface area (Å²) in [5.41, 5.74) is 6.42. The monoisotopic (exact) mass is 432 g/mol. The first-order valence-corrected chi connectivity index (χ1v) is 11.3. The van der Waals surface area contributed by atoms with Crippen LogP contribution in [-0.2, 0) is 28.8 Å². The second kappa shape index (κ2) is 9.12. The van der Waals surface area contributed by atoms with Crippen molar-refractivity contribution in [3.8, 4) is 17.1 Å². The third-order valence-corrected chi connectivity index (χ3v) is 6.40. The second-order valence-corrected chi connectivity index (χ2v) is 8.40. The first-order valence-electron chi connectivity index (χ1n) is 11.3. The summed E-state index contributed by atoms with van der Waals surface area (Å²) in [6, 6.07) is 12.1. The number of ether oxygens (including phenoxy) is 2. The topological polar surface area (TPSA) is 80.3 Å². The standard InChI is InChI=1S/C25H28N4O3/c1-31-23-15-18-5-2-4-17(18)14-19(23)8-9-25(30)29-12-13-32-24(16-29)22-7-3-6-20(27-22)21-10-11-26-28-21/h3,6-7,10-11,14-15,24H,2,4-5,8-9,12-13,16H2,1H3,(H,26,28)/t24-/m0/s1. The number of nitrogens with zero attached hydrogens (tertiary/aromatic N) is 3. The van der Waals surface area contributed by atoms with Crippen LogP contribution in [0.2, 0.25) is 0 Å². The number of aromatic nitrogens is 3. The van der Waals surface area contributed by atoms with Gasteiger partial charge in [-0.15, -0.1) is 0 Å². The Hall–Kier alpha value is -3.19. The molecule has 1 amide bonds. The molecule has 0 saturated carbocycles. The van der Waals surface area contributed by atoms with Gasteiger partial charge in [0.05, 0.1) is 37.3 Å². The van der Waals surface area contributed by atoms with Crippen molar-refractivity contribution in [3.63, 3.8) is 0 Å². The molecule has 0 spiro atoms. The molecule has 2 aliphatic rings. The lowest BCUT2D eigenvalue weighted by molar-refractivity contribution is -0.139. The Balaban J connectivity index is 1.24. The highest BCUT2D eigenvalue weighted by Crippen LogP contribution is 2.31. The molecule has 166 valence electrons. The molecule has 0 bridgehead atoms. The predicted molar refractivity (Wildman–Crippen MR) is 120 cm³/mol. The van der Waals surface area contributed by atoms with Gasteiger partial charge in [0.2, 0.25) is 5.91 Å². The van der Waals surface area contributed by atoms with Crippen molar-refractivity contribution in [3.05, 3.63) is 65.0 Å². The van der Waals surface area contributed by atoms with E-state index in [1.165, 1.54) is 17.5 Å². The molecule has 32 heavy (non-hydrogen) atoms. The van der Waals surface area contributed by atoms with Crippen molar-refractivity contribution >= 4 is 5.91 Å². The molecule has 1 fully saturated rings. The maximum absolute atomic E-state index is 13.0. The van der Waals surface area contributed by atoms with E-state index in [9.17, 15) is 4.79 Å². The number of aromatic amines is 1. The summed E-state index contributed by atoms with van der Waals surface area (Å²) in [7, 11) is 1.71. The van der Waals surface area contributed by atoms with Gasteiger partial charge in [-0.1, -0.05) is 12.1 Å². The number of methoxy groups -OCH3 is 1. The largest absolute Gasteiger partial charge is 0.496 e. The van der Waals surface area contributed by atoms with Gasteiger partial charge in [0, 0.05) is 19.2 Å². The van der Waals surface area contributed by atoms with Crippen molar-refractivity contribution in [1.29, 1.82) is 0 Å². The smallest absolute Gasteiger partial charge is 0.223 e. The number of amides is 1. The van der Waals surface area contributed by atoms with E-state index in [-0.39, 0.29) is 12.0 Å².